The van der Waals surface area contributed by atoms with Crippen molar-refractivity contribution in [1.82, 2.24) is 0 Å². The molecule has 1 saturated heterocycles. The van der Waals surface area contributed by atoms with Crippen LogP contribution in [0.25, 0.3) is 16.7 Å². The fraction of sp³-hybridized carbons (Fsp3) is 0.462. The highest BCUT2D eigenvalue weighted by Crippen LogP contribution is 2.36. The molecule has 172 valence electrons. The molecule has 0 aromatic heterocycles. The predicted molar refractivity (Wildman–Crippen MR) is 116 cm³/mol. The van der Waals surface area contributed by atoms with E-state index in [4.69, 9.17) is 9.47 Å². The Labute approximate surface area is 186 Å². The molecular weight excluding hydrogens is 420 g/mol. The van der Waals surface area contributed by atoms with Crippen LogP contribution in [0.3, 0.4) is 0 Å². The number of hydrogen-bond donors (Lipinski definition) is 0. The maximum atomic E-state index is 14.7. The van der Waals surface area contributed by atoms with E-state index in [2.05, 4.69) is 13.0 Å². The average Bonchev–Trinajstić information content (AvgIpc) is 2.81. The van der Waals surface area contributed by atoms with Crippen molar-refractivity contribution < 1.29 is 27.0 Å². The third-order valence-electron chi connectivity index (χ3n) is 6.43. The van der Waals surface area contributed by atoms with Gasteiger partial charge in [-0.3, -0.25) is 0 Å². The molecule has 1 atom stereocenters. The summed E-state index contributed by atoms with van der Waals surface area (Å²) in [5, 5.41) is 0. The van der Waals surface area contributed by atoms with Gasteiger partial charge in [-0.15, -0.1) is 0 Å². The second-order valence-electron chi connectivity index (χ2n) is 8.76. The van der Waals surface area contributed by atoms with Gasteiger partial charge in [-0.2, -0.15) is 0 Å². The number of benzene rings is 2. The van der Waals surface area contributed by atoms with Crippen molar-refractivity contribution in [3.8, 4) is 11.1 Å². The molecule has 0 radical (unpaired) electrons. The lowest BCUT2D eigenvalue weighted by atomic mass is 9.85. The van der Waals surface area contributed by atoms with Crippen LogP contribution in [-0.4, -0.2) is 19.5 Å². The van der Waals surface area contributed by atoms with Gasteiger partial charge in [0.05, 0.1) is 13.2 Å². The maximum Gasteiger partial charge on any atom is 0.194 e. The third kappa shape index (κ3) is 5.07. The molecule has 2 aromatic rings. The summed E-state index contributed by atoms with van der Waals surface area (Å²) >= 11 is 0. The third-order valence-corrected chi connectivity index (χ3v) is 6.43. The summed E-state index contributed by atoms with van der Waals surface area (Å²) in [6.07, 6.45) is 7.85. The van der Waals surface area contributed by atoms with Crippen LogP contribution in [0.5, 0.6) is 0 Å². The highest BCUT2D eigenvalue weighted by atomic mass is 19.2. The Morgan fingerprint density at radius 3 is 2.19 bits per heavy atom. The zero-order chi connectivity index (χ0) is 22.7. The van der Waals surface area contributed by atoms with Crippen LogP contribution in [0, 0.1) is 35.1 Å². The Kier molecular flexibility index (Phi) is 7.31. The molecule has 0 N–H and O–H groups in total. The summed E-state index contributed by atoms with van der Waals surface area (Å²) in [7, 11) is 0. The van der Waals surface area contributed by atoms with Gasteiger partial charge in [0.15, 0.2) is 23.7 Å². The van der Waals surface area contributed by atoms with Gasteiger partial charge < -0.3 is 9.47 Å². The number of hydrogen-bond acceptors (Lipinski definition) is 2. The Morgan fingerprint density at radius 2 is 1.59 bits per heavy atom. The highest BCUT2D eigenvalue weighted by molar-refractivity contribution is 5.71. The highest BCUT2D eigenvalue weighted by Gasteiger charge is 2.30. The maximum absolute atomic E-state index is 14.7. The molecule has 0 bridgehead atoms. The van der Waals surface area contributed by atoms with E-state index in [0.717, 1.165) is 62.2 Å². The topological polar surface area (TPSA) is 18.5 Å². The van der Waals surface area contributed by atoms with Crippen LogP contribution >= 0.6 is 0 Å². The number of halogens is 4. The largest absolute Gasteiger partial charge is 0.352 e. The Hall–Kier alpha value is -2.18. The monoisotopic (exact) mass is 448 g/mol. The standard InChI is InChI=1S/C26H28F4O2/c1-2-3-4-16-14-31-26(32-15-16)18-7-5-17(6-8-18)19-9-10-21(22(27)11-19)20-12-23(28)25(30)24(29)13-20/h5,9-13,16,18,26H,2-4,6-8,14-15H2,1H3. The number of ether oxygens (including phenoxy) is 2. The van der Waals surface area contributed by atoms with Crippen molar-refractivity contribution >= 4 is 5.57 Å². The molecule has 4 rings (SSSR count). The minimum atomic E-state index is -1.56. The van der Waals surface area contributed by atoms with E-state index in [9.17, 15) is 17.6 Å². The van der Waals surface area contributed by atoms with E-state index in [-0.39, 0.29) is 23.3 Å². The summed E-state index contributed by atoms with van der Waals surface area (Å²) in [6, 6.07) is 6.19. The molecule has 2 nitrogen and oxygen atoms in total. The van der Waals surface area contributed by atoms with Gasteiger partial charge in [-0.05, 0) is 60.6 Å². The van der Waals surface area contributed by atoms with Crippen LogP contribution in [-0.2, 0) is 9.47 Å². The molecule has 2 aliphatic rings. The fourth-order valence-corrected chi connectivity index (χ4v) is 4.51. The minimum Gasteiger partial charge on any atom is -0.352 e. The molecule has 1 heterocycles. The van der Waals surface area contributed by atoms with E-state index in [1.165, 1.54) is 25.0 Å². The van der Waals surface area contributed by atoms with Crippen molar-refractivity contribution in [2.24, 2.45) is 11.8 Å². The summed E-state index contributed by atoms with van der Waals surface area (Å²) in [5.74, 6) is -4.09. The molecule has 32 heavy (non-hydrogen) atoms. The number of allylic oxidation sites excluding steroid dienone is 2. The van der Waals surface area contributed by atoms with Gasteiger partial charge in [0.2, 0.25) is 0 Å². The van der Waals surface area contributed by atoms with E-state index in [1.807, 2.05) is 0 Å². The van der Waals surface area contributed by atoms with Crippen LogP contribution in [0.1, 0.15) is 51.0 Å². The SMILES string of the molecule is CCCCC1COC(C2CC=C(c3ccc(-c4cc(F)c(F)c(F)c4)c(F)c3)CC2)OC1. The van der Waals surface area contributed by atoms with E-state index in [0.29, 0.717) is 5.92 Å². The first-order valence-corrected chi connectivity index (χ1v) is 11.3. The quantitative estimate of drug-likeness (QED) is 0.342. The van der Waals surface area contributed by atoms with E-state index < -0.39 is 23.3 Å². The predicted octanol–water partition coefficient (Wildman–Crippen LogP) is 7.27. The van der Waals surface area contributed by atoms with Crippen molar-refractivity contribution in [3.05, 3.63) is 65.2 Å². The van der Waals surface area contributed by atoms with Gasteiger partial charge in [0, 0.05) is 17.4 Å². The van der Waals surface area contributed by atoms with E-state index in [1.54, 1.807) is 6.07 Å². The second kappa shape index (κ2) is 10.2. The number of rotatable bonds is 6. The first-order chi connectivity index (χ1) is 15.5. The molecular formula is C26H28F4O2. The lowest BCUT2D eigenvalue weighted by molar-refractivity contribution is -0.225. The van der Waals surface area contributed by atoms with E-state index >= 15 is 0 Å². The smallest absolute Gasteiger partial charge is 0.194 e. The first-order valence-electron chi connectivity index (χ1n) is 11.3. The molecule has 1 aliphatic carbocycles. The van der Waals surface area contributed by atoms with Crippen molar-refractivity contribution in [2.75, 3.05) is 13.2 Å². The molecule has 6 heteroatoms. The normalized spacial score (nSPS) is 23.8. The van der Waals surface area contributed by atoms with Crippen LogP contribution in [0.4, 0.5) is 17.6 Å². The zero-order valence-electron chi connectivity index (χ0n) is 18.2. The Balaban J connectivity index is 1.40. The summed E-state index contributed by atoms with van der Waals surface area (Å²) in [4.78, 5) is 0. The molecule has 2 aromatic carbocycles. The van der Waals surface area contributed by atoms with Crippen LogP contribution < -0.4 is 0 Å². The van der Waals surface area contributed by atoms with Gasteiger partial charge in [0.25, 0.3) is 0 Å². The molecule has 1 fully saturated rings. The molecule has 0 amide bonds. The van der Waals surface area contributed by atoms with Gasteiger partial charge in [-0.1, -0.05) is 38.0 Å². The number of unbranched alkanes of at least 4 members (excludes halogenated alkanes) is 1. The summed E-state index contributed by atoms with van der Waals surface area (Å²) in [6.45, 7) is 3.67. The molecule has 1 unspecified atom stereocenters. The molecule has 0 spiro atoms. The zero-order valence-corrected chi connectivity index (χ0v) is 18.2. The molecule has 1 aliphatic heterocycles. The summed E-state index contributed by atoms with van der Waals surface area (Å²) < 4.78 is 67.0. The van der Waals surface area contributed by atoms with Gasteiger partial charge in [0.1, 0.15) is 5.82 Å². The van der Waals surface area contributed by atoms with Gasteiger partial charge in [-0.25, -0.2) is 17.6 Å². The minimum absolute atomic E-state index is 0.0301. The lowest BCUT2D eigenvalue weighted by Gasteiger charge is -2.35. The van der Waals surface area contributed by atoms with Crippen LogP contribution in [0.2, 0.25) is 0 Å². The van der Waals surface area contributed by atoms with Crippen molar-refractivity contribution in [1.29, 1.82) is 0 Å². The van der Waals surface area contributed by atoms with Gasteiger partial charge >= 0.3 is 0 Å². The van der Waals surface area contributed by atoms with Crippen molar-refractivity contribution in [3.63, 3.8) is 0 Å². The first kappa shape index (κ1) is 23.0. The Morgan fingerprint density at radius 1 is 0.906 bits per heavy atom. The fourth-order valence-electron chi connectivity index (χ4n) is 4.51. The Bertz CT molecular complexity index is 957. The van der Waals surface area contributed by atoms with Crippen LogP contribution in [0.15, 0.2) is 36.4 Å². The summed E-state index contributed by atoms with van der Waals surface area (Å²) in [5.41, 5.74) is 1.76. The average molecular weight is 449 g/mol. The second-order valence-corrected chi connectivity index (χ2v) is 8.76. The lowest BCUT2D eigenvalue weighted by Crippen LogP contribution is -2.37. The molecule has 0 saturated carbocycles. The van der Waals surface area contributed by atoms with Crippen molar-refractivity contribution in [2.45, 2.75) is 51.7 Å².